The zero-order valence-corrected chi connectivity index (χ0v) is 19.2. The van der Waals surface area contributed by atoms with E-state index in [0.29, 0.717) is 34.8 Å². The Morgan fingerprint density at radius 1 is 0.735 bits per heavy atom. The van der Waals surface area contributed by atoms with Crippen LogP contribution in [0.15, 0.2) is 72.8 Å². The molecule has 0 fully saturated rings. The smallest absolute Gasteiger partial charge is 0.170 e. The average molecular weight is 459 g/mol. The van der Waals surface area contributed by atoms with Gasteiger partial charge in [0, 0.05) is 5.56 Å². The summed E-state index contributed by atoms with van der Waals surface area (Å²) in [5.74, 6) is 0.924. The van der Waals surface area contributed by atoms with Crippen molar-refractivity contribution in [3.05, 3.63) is 83.9 Å². The lowest BCUT2D eigenvalue weighted by molar-refractivity contribution is 0.289. The number of phenolic OH excluding ortho intramolecular Hbond substituents is 3. The zero-order chi connectivity index (χ0) is 24.2. The standard InChI is InChI=1S/C28H26O6/c1-17-5-4-6-18(13-17)16-34-24-12-9-20(14-23(24)30)26-25(32-2)15-22(28(33-3)27(26)31)19-7-10-21(29)11-8-19/h4-15,29-31H,16H2,1-3H3. The van der Waals surface area contributed by atoms with Crippen LogP contribution >= 0.6 is 0 Å². The fourth-order valence-electron chi connectivity index (χ4n) is 3.89. The largest absolute Gasteiger partial charge is 0.508 e. The van der Waals surface area contributed by atoms with Gasteiger partial charge < -0.3 is 29.5 Å². The zero-order valence-electron chi connectivity index (χ0n) is 19.2. The Morgan fingerprint density at radius 3 is 2.12 bits per heavy atom. The van der Waals surface area contributed by atoms with Crippen LogP contribution < -0.4 is 14.2 Å². The van der Waals surface area contributed by atoms with Crippen LogP contribution in [0.5, 0.6) is 34.5 Å². The van der Waals surface area contributed by atoms with Crippen molar-refractivity contribution in [2.75, 3.05) is 14.2 Å². The number of ether oxygens (including phenoxy) is 3. The molecule has 0 saturated heterocycles. The highest BCUT2D eigenvalue weighted by atomic mass is 16.5. The van der Waals surface area contributed by atoms with Gasteiger partial charge in [-0.1, -0.05) is 48.0 Å². The summed E-state index contributed by atoms with van der Waals surface area (Å²) in [4.78, 5) is 0. The molecule has 0 heterocycles. The van der Waals surface area contributed by atoms with Crippen molar-refractivity contribution in [3.8, 4) is 56.8 Å². The van der Waals surface area contributed by atoms with Crippen molar-refractivity contribution in [2.45, 2.75) is 13.5 Å². The molecule has 0 spiro atoms. The lowest BCUT2D eigenvalue weighted by Gasteiger charge is -2.18. The Bertz CT molecular complexity index is 1310. The second-order valence-corrected chi connectivity index (χ2v) is 7.89. The van der Waals surface area contributed by atoms with Crippen LogP contribution in [-0.4, -0.2) is 29.5 Å². The van der Waals surface area contributed by atoms with E-state index in [1.165, 1.54) is 20.3 Å². The van der Waals surface area contributed by atoms with Crippen molar-refractivity contribution in [2.24, 2.45) is 0 Å². The molecule has 0 aliphatic rings. The maximum Gasteiger partial charge on any atom is 0.170 e. The van der Waals surface area contributed by atoms with E-state index in [-0.39, 0.29) is 23.0 Å². The molecule has 4 aromatic carbocycles. The van der Waals surface area contributed by atoms with Crippen molar-refractivity contribution >= 4 is 0 Å². The van der Waals surface area contributed by atoms with Gasteiger partial charge in [0.2, 0.25) is 0 Å². The first-order chi connectivity index (χ1) is 16.4. The summed E-state index contributed by atoms with van der Waals surface area (Å²) in [6.45, 7) is 2.33. The highest BCUT2D eigenvalue weighted by molar-refractivity contribution is 5.88. The fourth-order valence-corrected chi connectivity index (χ4v) is 3.89. The van der Waals surface area contributed by atoms with Crippen molar-refractivity contribution < 1.29 is 29.5 Å². The SMILES string of the molecule is COc1cc(-c2ccc(O)cc2)c(OC)c(O)c1-c1ccc(OCc2cccc(C)c2)c(O)c1. The molecule has 34 heavy (non-hydrogen) atoms. The van der Waals surface area contributed by atoms with Crippen LogP contribution in [0.2, 0.25) is 0 Å². The van der Waals surface area contributed by atoms with Crippen molar-refractivity contribution in [1.29, 1.82) is 0 Å². The monoisotopic (exact) mass is 458 g/mol. The lowest BCUT2D eigenvalue weighted by atomic mass is 9.96. The Balaban J connectivity index is 1.70. The van der Waals surface area contributed by atoms with Crippen molar-refractivity contribution in [1.82, 2.24) is 0 Å². The molecule has 0 amide bonds. The molecule has 6 nitrogen and oxygen atoms in total. The molecule has 0 bridgehead atoms. The van der Waals surface area contributed by atoms with E-state index in [9.17, 15) is 15.3 Å². The molecule has 6 heteroatoms. The normalized spacial score (nSPS) is 10.7. The molecule has 0 saturated carbocycles. The van der Waals surface area contributed by atoms with E-state index < -0.39 is 0 Å². The average Bonchev–Trinajstić information content (AvgIpc) is 2.83. The van der Waals surface area contributed by atoms with Crippen LogP contribution in [0.4, 0.5) is 0 Å². The number of methoxy groups -OCH3 is 2. The summed E-state index contributed by atoms with van der Waals surface area (Å²) >= 11 is 0. The summed E-state index contributed by atoms with van der Waals surface area (Å²) < 4.78 is 16.9. The van der Waals surface area contributed by atoms with E-state index >= 15 is 0 Å². The van der Waals surface area contributed by atoms with E-state index in [4.69, 9.17) is 14.2 Å². The molecule has 4 aromatic rings. The van der Waals surface area contributed by atoms with Gasteiger partial charge in [-0.3, -0.25) is 0 Å². The summed E-state index contributed by atoms with van der Waals surface area (Å²) in [6, 6.07) is 21.2. The third kappa shape index (κ3) is 4.57. The maximum atomic E-state index is 11.1. The highest BCUT2D eigenvalue weighted by Gasteiger charge is 2.22. The fraction of sp³-hybridized carbons (Fsp3) is 0.143. The van der Waals surface area contributed by atoms with Gasteiger partial charge in [0.1, 0.15) is 18.1 Å². The summed E-state index contributed by atoms with van der Waals surface area (Å²) in [7, 11) is 2.97. The predicted octanol–water partition coefficient (Wildman–Crippen LogP) is 6.04. The third-order valence-corrected chi connectivity index (χ3v) is 5.55. The van der Waals surface area contributed by atoms with Crippen LogP contribution in [0.1, 0.15) is 11.1 Å². The molecular formula is C28H26O6. The van der Waals surface area contributed by atoms with Gasteiger partial charge in [0.25, 0.3) is 0 Å². The van der Waals surface area contributed by atoms with E-state index in [1.54, 1.807) is 42.5 Å². The van der Waals surface area contributed by atoms with E-state index in [1.807, 2.05) is 31.2 Å². The molecule has 3 N–H and O–H groups in total. The number of phenols is 3. The van der Waals surface area contributed by atoms with Gasteiger partial charge in [-0.15, -0.1) is 0 Å². The lowest BCUT2D eigenvalue weighted by Crippen LogP contribution is -1.97. The Kier molecular flexibility index (Phi) is 6.50. The van der Waals surface area contributed by atoms with E-state index in [2.05, 4.69) is 0 Å². The topological polar surface area (TPSA) is 88.4 Å². The second-order valence-electron chi connectivity index (χ2n) is 7.89. The third-order valence-electron chi connectivity index (χ3n) is 5.55. The van der Waals surface area contributed by atoms with Gasteiger partial charge in [0.15, 0.2) is 23.0 Å². The van der Waals surface area contributed by atoms with Gasteiger partial charge in [-0.25, -0.2) is 0 Å². The molecule has 0 radical (unpaired) electrons. The van der Waals surface area contributed by atoms with Gasteiger partial charge in [0.05, 0.1) is 19.8 Å². The molecule has 4 rings (SSSR count). The quantitative estimate of drug-likeness (QED) is 0.313. The Hall–Kier alpha value is -4.32. The van der Waals surface area contributed by atoms with E-state index in [0.717, 1.165) is 16.7 Å². The Labute approximate surface area is 198 Å². The summed E-state index contributed by atoms with van der Waals surface area (Å²) in [5, 5.41) is 31.3. The highest BCUT2D eigenvalue weighted by Crippen LogP contribution is 2.50. The minimum absolute atomic E-state index is 0.0619. The van der Waals surface area contributed by atoms with Crippen LogP contribution in [-0.2, 0) is 6.61 Å². The molecule has 0 aromatic heterocycles. The van der Waals surface area contributed by atoms with Gasteiger partial charge in [-0.2, -0.15) is 0 Å². The first-order valence-electron chi connectivity index (χ1n) is 10.7. The predicted molar refractivity (Wildman–Crippen MR) is 131 cm³/mol. The number of benzene rings is 4. The molecule has 0 aliphatic heterocycles. The minimum atomic E-state index is -0.127. The van der Waals surface area contributed by atoms with Gasteiger partial charge >= 0.3 is 0 Å². The molecule has 0 unspecified atom stereocenters. The number of rotatable bonds is 7. The van der Waals surface area contributed by atoms with Crippen LogP contribution in [0.25, 0.3) is 22.3 Å². The van der Waals surface area contributed by atoms with Crippen molar-refractivity contribution in [3.63, 3.8) is 0 Å². The first kappa shape index (κ1) is 22.9. The molecule has 0 aliphatic carbocycles. The number of hydrogen-bond acceptors (Lipinski definition) is 6. The van der Waals surface area contributed by atoms with Crippen LogP contribution in [0, 0.1) is 6.92 Å². The number of hydrogen-bond donors (Lipinski definition) is 3. The molecule has 0 atom stereocenters. The number of aryl methyl sites for hydroxylation is 1. The van der Waals surface area contributed by atoms with Crippen LogP contribution in [0.3, 0.4) is 0 Å². The molecule has 174 valence electrons. The summed E-state index contributed by atoms with van der Waals surface area (Å²) in [5.41, 5.74) is 4.37. The Morgan fingerprint density at radius 2 is 1.47 bits per heavy atom. The number of aromatic hydroxyl groups is 3. The minimum Gasteiger partial charge on any atom is -0.508 e. The molecular weight excluding hydrogens is 432 g/mol. The maximum absolute atomic E-state index is 11.1. The second kappa shape index (κ2) is 9.67. The summed E-state index contributed by atoms with van der Waals surface area (Å²) in [6.07, 6.45) is 0. The van der Waals surface area contributed by atoms with Gasteiger partial charge in [-0.05, 0) is 53.9 Å². The first-order valence-corrected chi connectivity index (χ1v) is 10.7.